The zero-order chi connectivity index (χ0) is 15.2. The Hall–Kier alpha value is -2.34. The van der Waals surface area contributed by atoms with Crippen molar-refractivity contribution in [2.45, 2.75) is 12.5 Å². The molecule has 0 saturated carbocycles. The number of hydrogen-bond donors (Lipinski definition) is 2. The molecule has 0 bridgehead atoms. The normalized spacial score (nSPS) is 12.0. The van der Waals surface area contributed by atoms with Crippen LogP contribution in [0.15, 0.2) is 36.7 Å². The smallest absolute Gasteiger partial charge is 0.241 e. The van der Waals surface area contributed by atoms with Gasteiger partial charge in [0.1, 0.15) is 11.8 Å². The van der Waals surface area contributed by atoms with E-state index in [2.05, 4.69) is 10.4 Å². The summed E-state index contributed by atoms with van der Waals surface area (Å²) in [5.74, 6) is 0.608. The first kappa shape index (κ1) is 15.1. The van der Waals surface area contributed by atoms with Gasteiger partial charge >= 0.3 is 0 Å². The van der Waals surface area contributed by atoms with E-state index in [1.807, 2.05) is 24.3 Å². The molecule has 1 amide bonds. The summed E-state index contributed by atoms with van der Waals surface area (Å²) in [6, 6.07) is 7.07. The molecular formula is C15H20N4O2. The molecule has 0 aliphatic rings. The SMILES string of the molecule is COc1cccc(CCNC(=O)C(N)c2cnn(C)c2)c1. The van der Waals surface area contributed by atoms with Crippen LogP contribution < -0.4 is 15.8 Å². The van der Waals surface area contributed by atoms with Crippen molar-refractivity contribution in [1.82, 2.24) is 15.1 Å². The van der Waals surface area contributed by atoms with Crippen LogP contribution in [0, 0.1) is 0 Å². The standard InChI is InChI=1S/C15H20N4O2/c1-19-10-12(9-18-19)14(16)15(20)17-7-6-11-4-3-5-13(8-11)21-2/h3-5,8-10,14H,6-7,16H2,1-2H3,(H,17,20). The molecule has 6 nitrogen and oxygen atoms in total. The second kappa shape index (κ2) is 6.90. The minimum atomic E-state index is -0.691. The average molecular weight is 288 g/mol. The van der Waals surface area contributed by atoms with Crippen LogP contribution in [0.5, 0.6) is 5.75 Å². The lowest BCUT2D eigenvalue weighted by Crippen LogP contribution is -2.35. The highest BCUT2D eigenvalue weighted by Gasteiger charge is 2.16. The predicted octanol–water partition coefficient (Wildman–Crippen LogP) is 0.787. The van der Waals surface area contributed by atoms with Gasteiger partial charge in [-0.1, -0.05) is 12.1 Å². The minimum Gasteiger partial charge on any atom is -0.497 e. The van der Waals surface area contributed by atoms with Crippen LogP contribution in [0.25, 0.3) is 0 Å². The summed E-state index contributed by atoms with van der Waals surface area (Å²) >= 11 is 0. The Morgan fingerprint density at radius 1 is 1.52 bits per heavy atom. The lowest BCUT2D eigenvalue weighted by molar-refractivity contribution is -0.122. The Bertz CT molecular complexity index is 609. The van der Waals surface area contributed by atoms with Crippen LogP contribution >= 0.6 is 0 Å². The van der Waals surface area contributed by atoms with Crippen molar-refractivity contribution < 1.29 is 9.53 Å². The summed E-state index contributed by atoms with van der Waals surface area (Å²) in [5, 5.41) is 6.84. The highest BCUT2D eigenvalue weighted by molar-refractivity contribution is 5.82. The van der Waals surface area contributed by atoms with Crippen molar-refractivity contribution in [1.29, 1.82) is 0 Å². The van der Waals surface area contributed by atoms with E-state index in [1.165, 1.54) is 0 Å². The zero-order valence-electron chi connectivity index (χ0n) is 12.2. The Balaban J connectivity index is 1.83. The van der Waals surface area contributed by atoms with E-state index < -0.39 is 6.04 Å². The molecule has 2 rings (SSSR count). The molecule has 6 heteroatoms. The Kier molecular flexibility index (Phi) is 4.94. The molecule has 1 atom stereocenters. The monoisotopic (exact) mass is 288 g/mol. The maximum absolute atomic E-state index is 12.0. The minimum absolute atomic E-state index is 0.203. The van der Waals surface area contributed by atoms with E-state index in [9.17, 15) is 4.79 Å². The highest BCUT2D eigenvalue weighted by Crippen LogP contribution is 2.13. The van der Waals surface area contributed by atoms with Crippen molar-refractivity contribution in [3.05, 3.63) is 47.8 Å². The number of carbonyl (C=O) groups is 1. The lowest BCUT2D eigenvalue weighted by atomic mass is 10.1. The molecule has 0 aliphatic heterocycles. The van der Waals surface area contributed by atoms with Crippen LogP contribution in [-0.2, 0) is 18.3 Å². The molecule has 2 aromatic rings. The van der Waals surface area contributed by atoms with Crippen LogP contribution in [-0.4, -0.2) is 29.3 Å². The molecule has 0 spiro atoms. The van der Waals surface area contributed by atoms with Gasteiger partial charge in [-0.15, -0.1) is 0 Å². The van der Waals surface area contributed by atoms with E-state index in [0.29, 0.717) is 12.1 Å². The molecule has 1 aromatic carbocycles. The molecule has 0 saturated heterocycles. The van der Waals surface area contributed by atoms with Gasteiger partial charge in [-0.3, -0.25) is 9.48 Å². The van der Waals surface area contributed by atoms with Gasteiger partial charge in [0.15, 0.2) is 0 Å². The van der Waals surface area contributed by atoms with Crippen molar-refractivity contribution in [2.24, 2.45) is 12.8 Å². The highest BCUT2D eigenvalue weighted by atomic mass is 16.5. The maximum Gasteiger partial charge on any atom is 0.241 e. The number of benzene rings is 1. The predicted molar refractivity (Wildman–Crippen MR) is 79.8 cm³/mol. The Morgan fingerprint density at radius 3 is 3.00 bits per heavy atom. The van der Waals surface area contributed by atoms with Crippen LogP contribution in [0.4, 0.5) is 0 Å². The number of methoxy groups -OCH3 is 1. The van der Waals surface area contributed by atoms with Gasteiger partial charge in [-0.05, 0) is 24.1 Å². The number of amides is 1. The number of nitrogens with zero attached hydrogens (tertiary/aromatic N) is 2. The summed E-state index contributed by atoms with van der Waals surface area (Å²) in [6.45, 7) is 0.528. The number of nitrogens with two attached hydrogens (primary N) is 1. The van der Waals surface area contributed by atoms with E-state index >= 15 is 0 Å². The second-order valence-electron chi connectivity index (χ2n) is 4.82. The van der Waals surface area contributed by atoms with Gasteiger partial charge in [0.25, 0.3) is 0 Å². The van der Waals surface area contributed by atoms with E-state index in [-0.39, 0.29) is 5.91 Å². The van der Waals surface area contributed by atoms with E-state index in [0.717, 1.165) is 17.7 Å². The quantitative estimate of drug-likeness (QED) is 0.823. The molecule has 1 heterocycles. The number of ether oxygens (including phenoxy) is 1. The molecule has 112 valence electrons. The van der Waals surface area contributed by atoms with Gasteiger partial charge in [-0.2, -0.15) is 5.10 Å². The number of rotatable bonds is 6. The second-order valence-corrected chi connectivity index (χ2v) is 4.82. The lowest BCUT2D eigenvalue weighted by Gasteiger charge is -2.11. The molecular weight excluding hydrogens is 268 g/mol. The molecule has 21 heavy (non-hydrogen) atoms. The number of nitrogens with one attached hydrogen (secondary N) is 1. The summed E-state index contributed by atoms with van der Waals surface area (Å²) in [5.41, 5.74) is 7.70. The number of aromatic nitrogens is 2. The van der Waals surface area contributed by atoms with Crippen molar-refractivity contribution >= 4 is 5.91 Å². The summed E-state index contributed by atoms with van der Waals surface area (Å²) in [7, 11) is 3.42. The average Bonchev–Trinajstić information content (AvgIpc) is 2.93. The number of aryl methyl sites for hydroxylation is 1. The molecule has 0 radical (unpaired) electrons. The number of hydrogen-bond acceptors (Lipinski definition) is 4. The largest absolute Gasteiger partial charge is 0.497 e. The Labute approximate surface area is 123 Å². The fourth-order valence-electron chi connectivity index (χ4n) is 2.02. The van der Waals surface area contributed by atoms with Crippen LogP contribution in [0.2, 0.25) is 0 Å². The first-order valence-corrected chi connectivity index (χ1v) is 6.75. The van der Waals surface area contributed by atoms with Crippen molar-refractivity contribution in [2.75, 3.05) is 13.7 Å². The van der Waals surface area contributed by atoms with Crippen LogP contribution in [0.3, 0.4) is 0 Å². The van der Waals surface area contributed by atoms with Gasteiger partial charge in [0.05, 0.1) is 13.3 Å². The third-order valence-corrected chi connectivity index (χ3v) is 3.21. The fraction of sp³-hybridized carbons (Fsp3) is 0.333. The summed E-state index contributed by atoms with van der Waals surface area (Å²) in [6.07, 6.45) is 4.07. The van der Waals surface area contributed by atoms with Crippen molar-refractivity contribution in [3.63, 3.8) is 0 Å². The van der Waals surface area contributed by atoms with E-state index in [1.54, 1.807) is 31.2 Å². The molecule has 0 aliphatic carbocycles. The molecule has 3 N–H and O–H groups in total. The third-order valence-electron chi connectivity index (χ3n) is 3.21. The topological polar surface area (TPSA) is 82.2 Å². The van der Waals surface area contributed by atoms with Gasteiger partial charge in [0, 0.05) is 25.4 Å². The summed E-state index contributed by atoms with van der Waals surface area (Å²) < 4.78 is 6.79. The molecule has 0 fully saturated rings. The first-order valence-electron chi connectivity index (χ1n) is 6.75. The van der Waals surface area contributed by atoms with Crippen LogP contribution in [0.1, 0.15) is 17.2 Å². The first-order chi connectivity index (χ1) is 10.1. The molecule has 1 aromatic heterocycles. The van der Waals surface area contributed by atoms with Gasteiger partial charge in [0.2, 0.25) is 5.91 Å². The number of carbonyl (C=O) groups excluding carboxylic acids is 1. The van der Waals surface area contributed by atoms with Gasteiger partial charge < -0.3 is 15.8 Å². The zero-order valence-corrected chi connectivity index (χ0v) is 12.2. The molecule has 1 unspecified atom stereocenters. The van der Waals surface area contributed by atoms with Crippen molar-refractivity contribution in [3.8, 4) is 5.75 Å². The van der Waals surface area contributed by atoms with E-state index in [4.69, 9.17) is 10.5 Å². The van der Waals surface area contributed by atoms with Gasteiger partial charge in [-0.25, -0.2) is 0 Å². The summed E-state index contributed by atoms with van der Waals surface area (Å²) in [4.78, 5) is 12.0. The third kappa shape index (κ3) is 4.06. The maximum atomic E-state index is 12.0. The Morgan fingerprint density at radius 2 is 2.33 bits per heavy atom. The fourth-order valence-corrected chi connectivity index (χ4v) is 2.02.